The average Bonchev–Trinajstić information content (AvgIpc) is 2.88. The molecule has 1 aromatic carbocycles. The van der Waals surface area contributed by atoms with Gasteiger partial charge in [0.25, 0.3) is 0 Å². The van der Waals surface area contributed by atoms with E-state index in [-0.39, 0.29) is 12.1 Å². The summed E-state index contributed by atoms with van der Waals surface area (Å²) in [5, 5.41) is 16.5. The Morgan fingerprint density at radius 1 is 1.30 bits per heavy atom. The summed E-state index contributed by atoms with van der Waals surface area (Å²) in [7, 11) is 0. The fourth-order valence-electron chi connectivity index (χ4n) is 3.30. The normalized spacial score (nSPS) is 21.3. The molecular formula is C18H24N2O3. The average molecular weight is 316 g/mol. The fraction of sp³-hybridized carbons (Fsp3) is 0.500. The molecule has 5 heteroatoms. The zero-order valence-electron chi connectivity index (χ0n) is 13.5. The maximum Gasteiger partial charge on any atom is 0.315 e. The molecule has 1 aromatic heterocycles. The highest BCUT2D eigenvalue weighted by Gasteiger charge is 2.20. The highest BCUT2D eigenvalue weighted by Crippen LogP contribution is 2.25. The molecule has 1 aliphatic rings. The summed E-state index contributed by atoms with van der Waals surface area (Å²) >= 11 is 0. The van der Waals surface area contributed by atoms with Crippen LogP contribution in [0.5, 0.6) is 0 Å². The van der Waals surface area contributed by atoms with Crippen molar-refractivity contribution in [2.45, 2.75) is 45.3 Å². The largest absolute Gasteiger partial charge is 0.459 e. The van der Waals surface area contributed by atoms with E-state index < -0.39 is 0 Å². The van der Waals surface area contributed by atoms with Gasteiger partial charge in [-0.05, 0) is 38.2 Å². The SMILES string of the molecule is Cc1c(CNC(=O)NCC2CCCC(O)C2)oc2ccccc12. The van der Waals surface area contributed by atoms with Crippen molar-refractivity contribution in [3.8, 4) is 0 Å². The molecule has 2 atom stereocenters. The number of aryl methyl sites for hydroxylation is 1. The zero-order valence-corrected chi connectivity index (χ0v) is 13.5. The molecule has 5 nitrogen and oxygen atoms in total. The Labute approximate surface area is 136 Å². The van der Waals surface area contributed by atoms with Crippen LogP contribution >= 0.6 is 0 Å². The highest BCUT2D eigenvalue weighted by molar-refractivity contribution is 5.82. The molecule has 0 aliphatic heterocycles. The standard InChI is InChI=1S/C18H24N2O3/c1-12-15-7-2-3-8-16(15)23-17(12)11-20-18(22)19-10-13-5-4-6-14(21)9-13/h2-3,7-8,13-14,21H,4-6,9-11H2,1H3,(H2,19,20,22). The van der Waals surface area contributed by atoms with Crippen LogP contribution in [0.3, 0.4) is 0 Å². The first-order valence-electron chi connectivity index (χ1n) is 8.30. The number of aliphatic hydroxyl groups is 1. The summed E-state index contributed by atoms with van der Waals surface area (Å²) in [4.78, 5) is 11.9. The Balaban J connectivity index is 1.49. The minimum atomic E-state index is -0.211. The van der Waals surface area contributed by atoms with Crippen LogP contribution in [0.1, 0.15) is 37.0 Å². The van der Waals surface area contributed by atoms with Gasteiger partial charge in [0.05, 0.1) is 12.6 Å². The van der Waals surface area contributed by atoms with Gasteiger partial charge < -0.3 is 20.2 Å². The molecule has 0 spiro atoms. The third kappa shape index (κ3) is 3.85. The molecule has 3 rings (SSSR count). The third-order valence-electron chi connectivity index (χ3n) is 4.66. The van der Waals surface area contributed by atoms with Crippen molar-refractivity contribution in [3.05, 3.63) is 35.6 Å². The van der Waals surface area contributed by atoms with E-state index >= 15 is 0 Å². The van der Waals surface area contributed by atoms with Gasteiger partial charge in [-0.25, -0.2) is 4.79 Å². The Hall–Kier alpha value is -2.01. The van der Waals surface area contributed by atoms with E-state index in [1.807, 2.05) is 31.2 Å². The van der Waals surface area contributed by atoms with Crippen molar-refractivity contribution in [2.75, 3.05) is 6.54 Å². The lowest BCUT2D eigenvalue weighted by molar-refractivity contribution is 0.101. The first-order valence-corrected chi connectivity index (χ1v) is 8.30. The summed E-state index contributed by atoms with van der Waals surface area (Å²) in [5.74, 6) is 1.16. The minimum absolute atomic E-state index is 0.190. The van der Waals surface area contributed by atoms with Crippen molar-refractivity contribution in [3.63, 3.8) is 0 Å². The molecule has 1 aliphatic carbocycles. The fourth-order valence-corrected chi connectivity index (χ4v) is 3.30. The van der Waals surface area contributed by atoms with E-state index in [4.69, 9.17) is 4.42 Å². The van der Waals surface area contributed by atoms with Crippen LogP contribution in [0.4, 0.5) is 4.79 Å². The summed E-state index contributed by atoms with van der Waals surface area (Å²) < 4.78 is 5.78. The number of furan rings is 1. The summed E-state index contributed by atoms with van der Waals surface area (Å²) in [6.07, 6.45) is 3.56. The number of hydrogen-bond acceptors (Lipinski definition) is 3. The van der Waals surface area contributed by atoms with Gasteiger partial charge >= 0.3 is 6.03 Å². The van der Waals surface area contributed by atoms with Crippen molar-refractivity contribution in [1.82, 2.24) is 10.6 Å². The number of rotatable bonds is 4. The molecule has 1 heterocycles. The van der Waals surface area contributed by atoms with E-state index in [1.165, 1.54) is 0 Å². The Morgan fingerprint density at radius 2 is 2.13 bits per heavy atom. The zero-order chi connectivity index (χ0) is 16.2. The molecule has 2 aromatic rings. The minimum Gasteiger partial charge on any atom is -0.459 e. The number of urea groups is 1. The predicted octanol–water partition coefficient (Wildman–Crippen LogP) is 3.09. The second kappa shape index (κ2) is 7.04. The molecular weight excluding hydrogens is 292 g/mol. The van der Waals surface area contributed by atoms with Gasteiger partial charge in [0.2, 0.25) is 0 Å². The van der Waals surface area contributed by atoms with Crippen molar-refractivity contribution < 1.29 is 14.3 Å². The molecule has 1 fully saturated rings. The summed E-state index contributed by atoms with van der Waals surface area (Å²) in [6.45, 7) is 2.99. The molecule has 3 N–H and O–H groups in total. The molecule has 2 amide bonds. The van der Waals surface area contributed by atoms with E-state index in [1.54, 1.807) is 0 Å². The van der Waals surface area contributed by atoms with E-state index in [0.717, 1.165) is 48.0 Å². The number of carbonyl (C=O) groups is 1. The monoisotopic (exact) mass is 316 g/mol. The van der Waals surface area contributed by atoms with Gasteiger partial charge in [0, 0.05) is 17.5 Å². The van der Waals surface area contributed by atoms with E-state index in [2.05, 4.69) is 10.6 Å². The van der Waals surface area contributed by atoms with Crippen LogP contribution in [-0.4, -0.2) is 23.8 Å². The smallest absolute Gasteiger partial charge is 0.315 e. The lowest BCUT2D eigenvalue weighted by Gasteiger charge is -2.25. The molecule has 0 radical (unpaired) electrons. The maximum atomic E-state index is 11.9. The van der Waals surface area contributed by atoms with E-state index in [9.17, 15) is 9.90 Å². The lowest BCUT2D eigenvalue weighted by Crippen LogP contribution is -2.39. The predicted molar refractivity (Wildman–Crippen MR) is 89.2 cm³/mol. The van der Waals surface area contributed by atoms with Crippen LogP contribution in [0.15, 0.2) is 28.7 Å². The van der Waals surface area contributed by atoms with Gasteiger partial charge in [-0.2, -0.15) is 0 Å². The molecule has 0 bridgehead atoms. The number of carbonyl (C=O) groups excluding carboxylic acids is 1. The van der Waals surface area contributed by atoms with E-state index in [0.29, 0.717) is 19.0 Å². The van der Waals surface area contributed by atoms with Gasteiger partial charge in [-0.1, -0.05) is 24.6 Å². The second-order valence-electron chi connectivity index (χ2n) is 6.40. The van der Waals surface area contributed by atoms with Crippen LogP contribution in [-0.2, 0) is 6.54 Å². The van der Waals surface area contributed by atoms with Crippen LogP contribution < -0.4 is 10.6 Å². The third-order valence-corrected chi connectivity index (χ3v) is 4.66. The Bertz CT molecular complexity index is 680. The number of hydrogen-bond donors (Lipinski definition) is 3. The van der Waals surface area contributed by atoms with Crippen molar-refractivity contribution >= 4 is 17.0 Å². The molecule has 1 saturated carbocycles. The first kappa shape index (κ1) is 15.9. The van der Waals surface area contributed by atoms with Crippen LogP contribution in [0.2, 0.25) is 0 Å². The van der Waals surface area contributed by atoms with Crippen molar-refractivity contribution in [2.24, 2.45) is 5.92 Å². The number of benzene rings is 1. The van der Waals surface area contributed by atoms with Gasteiger partial charge in [0.1, 0.15) is 11.3 Å². The second-order valence-corrected chi connectivity index (χ2v) is 6.40. The summed E-state index contributed by atoms with van der Waals surface area (Å²) in [5.41, 5.74) is 1.91. The molecule has 0 saturated heterocycles. The van der Waals surface area contributed by atoms with Crippen molar-refractivity contribution in [1.29, 1.82) is 0 Å². The number of fused-ring (bicyclic) bond motifs is 1. The number of para-hydroxylation sites is 1. The van der Waals surface area contributed by atoms with Crippen LogP contribution in [0.25, 0.3) is 11.0 Å². The number of aliphatic hydroxyl groups excluding tert-OH is 1. The van der Waals surface area contributed by atoms with Gasteiger partial charge in [0.15, 0.2) is 0 Å². The molecule has 23 heavy (non-hydrogen) atoms. The Morgan fingerprint density at radius 3 is 2.91 bits per heavy atom. The summed E-state index contributed by atoms with van der Waals surface area (Å²) in [6, 6.07) is 7.68. The highest BCUT2D eigenvalue weighted by atomic mass is 16.3. The molecule has 2 unspecified atom stereocenters. The number of nitrogens with one attached hydrogen (secondary N) is 2. The maximum absolute atomic E-state index is 11.9. The first-order chi connectivity index (χ1) is 11.1. The molecule has 124 valence electrons. The van der Waals surface area contributed by atoms with Crippen LogP contribution in [0, 0.1) is 12.8 Å². The van der Waals surface area contributed by atoms with Gasteiger partial charge in [-0.15, -0.1) is 0 Å². The Kier molecular flexibility index (Phi) is 4.86. The quantitative estimate of drug-likeness (QED) is 0.811. The number of amides is 2. The topological polar surface area (TPSA) is 74.5 Å². The lowest BCUT2D eigenvalue weighted by atomic mass is 9.87. The van der Waals surface area contributed by atoms with Gasteiger partial charge in [-0.3, -0.25) is 0 Å².